The van der Waals surface area contributed by atoms with Gasteiger partial charge in [0.1, 0.15) is 18.1 Å². The van der Waals surface area contributed by atoms with Crippen LogP contribution >= 0.6 is 22.9 Å². The van der Waals surface area contributed by atoms with Crippen molar-refractivity contribution in [3.05, 3.63) is 74.9 Å². The number of fused-ring (bicyclic) bond motifs is 1. The fraction of sp³-hybridized carbons (Fsp3) is 0.370. The molecule has 3 aromatic rings. The smallest absolute Gasteiger partial charge is 0.243 e. The van der Waals surface area contributed by atoms with Crippen molar-refractivity contribution >= 4 is 38.9 Å². The Kier molecular flexibility index (Phi) is 8.48. The molecule has 0 fully saturated rings. The van der Waals surface area contributed by atoms with Crippen molar-refractivity contribution in [1.82, 2.24) is 9.21 Å². The highest BCUT2D eigenvalue weighted by Crippen LogP contribution is 2.35. The molecule has 1 aliphatic rings. The molecule has 2 heterocycles. The maximum Gasteiger partial charge on any atom is 0.243 e. The second kappa shape index (κ2) is 11.4. The third-order valence-electron chi connectivity index (χ3n) is 6.49. The Labute approximate surface area is 227 Å². The number of hydrogen-bond acceptors (Lipinski definition) is 6. The summed E-state index contributed by atoms with van der Waals surface area (Å²) in [5.41, 5.74) is 1.95. The average molecular weight is 563 g/mol. The van der Waals surface area contributed by atoms with Crippen LogP contribution in [0.3, 0.4) is 0 Å². The zero-order valence-electron chi connectivity index (χ0n) is 21.3. The van der Waals surface area contributed by atoms with Gasteiger partial charge < -0.3 is 14.4 Å². The van der Waals surface area contributed by atoms with Crippen LogP contribution in [0.2, 0.25) is 5.02 Å². The van der Waals surface area contributed by atoms with Crippen LogP contribution < -0.4 is 9.47 Å². The molecule has 0 saturated heterocycles. The first-order valence-corrected chi connectivity index (χ1v) is 14.7. The topological polar surface area (TPSA) is 76.2 Å². The van der Waals surface area contributed by atoms with Crippen LogP contribution in [0.25, 0.3) is 0 Å². The van der Waals surface area contributed by atoms with Gasteiger partial charge in [0, 0.05) is 22.5 Å². The quantitative estimate of drug-likeness (QED) is 0.353. The zero-order chi connectivity index (χ0) is 26.7. The van der Waals surface area contributed by atoms with Crippen LogP contribution in [0.1, 0.15) is 35.9 Å². The number of thiophene rings is 1. The molecule has 0 spiro atoms. The molecule has 0 radical (unpaired) electrons. The number of carbonyl (C=O) groups excluding carboxylic acids is 1. The molecule has 4 rings (SSSR count). The van der Waals surface area contributed by atoms with Crippen LogP contribution in [0.5, 0.6) is 11.5 Å². The lowest BCUT2D eigenvalue weighted by atomic mass is 10.0. The second-order valence-electron chi connectivity index (χ2n) is 9.19. The summed E-state index contributed by atoms with van der Waals surface area (Å²) in [5.74, 6) is 0.968. The standard InChI is InChI=1S/C27H31ClN2O5S2/c1-18(2)30(37(32,33)22-8-5-20(34-4)6-9-22)16-27(31)29-13-11-26-23(12-14-36-26)25(29)17-35-21-7-10-24(28)19(3)15-21/h5-10,12,14-15,18,25H,11,13,16-17H2,1-4H3. The van der Waals surface area contributed by atoms with E-state index in [-0.39, 0.29) is 30.0 Å². The molecule has 10 heteroatoms. The third-order valence-corrected chi connectivity index (χ3v) is 9.94. The number of carbonyl (C=O) groups is 1. The van der Waals surface area contributed by atoms with Crippen LogP contribution in [0.4, 0.5) is 0 Å². The summed E-state index contributed by atoms with van der Waals surface area (Å²) in [7, 11) is -2.38. The first kappa shape index (κ1) is 27.4. The van der Waals surface area contributed by atoms with E-state index in [0.29, 0.717) is 23.1 Å². The summed E-state index contributed by atoms with van der Waals surface area (Å²) in [5, 5.41) is 2.68. The van der Waals surface area contributed by atoms with Crippen molar-refractivity contribution in [2.24, 2.45) is 0 Å². The molecule has 198 valence electrons. The van der Waals surface area contributed by atoms with Crippen molar-refractivity contribution in [3.63, 3.8) is 0 Å². The van der Waals surface area contributed by atoms with Crippen LogP contribution in [0.15, 0.2) is 58.8 Å². The number of nitrogens with zero attached hydrogens (tertiary/aromatic N) is 2. The fourth-order valence-corrected chi connectivity index (χ4v) is 7.04. The SMILES string of the molecule is COc1ccc(S(=O)(=O)N(CC(=O)N2CCc3sccc3C2COc2ccc(Cl)c(C)c2)C(C)C)cc1. The number of sulfonamides is 1. The molecular formula is C27H31ClN2O5S2. The van der Waals surface area contributed by atoms with Crippen molar-refractivity contribution in [3.8, 4) is 11.5 Å². The number of ether oxygens (including phenoxy) is 2. The van der Waals surface area contributed by atoms with E-state index in [2.05, 4.69) is 0 Å². The number of hydrogen-bond donors (Lipinski definition) is 0. The van der Waals surface area contributed by atoms with E-state index >= 15 is 0 Å². The Morgan fingerprint density at radius 1 is 1.16 bits per heavy atom. The van der Waals surface area contributed by atoms with Gasteiger partial charge in [0.2, 0.25) is 15.9 Å². The van der Waals surface area contributed by atoms with Crippen molar-refractivity contribution in [1.29, 1.82) is 0 Å². The van der Waals surface area contributed by atoms with E-state index in [1.807, 2.05) is 24.4 Å². The first-order chi connectivity index (χ1) is 17.6. The van der Waals surface area contributed by atoms with Crippen LogP contribution in [-0.4, -0.2) is 56.4 Å². The molecule has 7 nitrogen and oxygen atoms in total. The molecule has 0 bridgehead atoms. The van der Waals surface area contributed by atoms with Crippen LogP contribution in [0, 0.1) is 6.92 Å². The highest BCUT2D eigenvalue weighted by atomic mass is 35.5. The lowest BCUT2D eigenvalue weighted by Gasteiger charge is -2.37. The number of rotatable bonds is 9. The van der Waals surface area contributed by atoms with E-state index in [9.17, 15) is 13.2 Å². The molecule has 0 N–H and O–H groups in total. The average Bonchev–Trinajstić information content (AvgIpc) is 3.36. The molecule has 1 amide bonds. The van der Waals surface area contributed by atoms with E-state index < -0.39 is 16.1 Å². The van der Waals surface area contributed by atoms with E-state index in [1.54, 1.807) is 54.3 Å². The highest BCUT2D eigenvalue weighted by molar-refractivity contribution is 7.89. The summed E-state index contributed by atoms with van der Waals surface area (Å²) >= 11 is 7.81. The third kappa shape index (κ3) is 5.95. The monoisotopic (exact) mass is 562 g/mol. The Hall–Kier alpha value is -2.59. The van der Waals surface area contributed by atoms with Gasteiger partial charge in [0.25, 0.3) is 0 Å². The molecule has 1 aromatic heterocycles. The fourth-order valence-electron chi connectivity index (χ4n) is 4.41. The normalized spacial score (nSPS) is 15.6. The minimum atomic E-state index is -3.90. The van der Waals surface area contributed by atoms with Gasteiger partial charge >= 0.3 is 0 Å². The number of methoxy groups -OCH3 is 1. The number of benzene rings is 2. The Morgan fingerprint density at radius 2 is 1.86 bits per heavy atom. The molecule has 37 heavy (non-hydrogen) atoms. The molecular weight excluding hydrogens is 532 g/mol. The molecule has 1 unspecified atom stereocenters. The van der Waals surface area contributed by atoms with Gasteiger partial charge in [-0.3, -0.25) is 4.79 Å². The van der Waals surface area contributed by atoms with Crippen molar-refractivity contribution < 1.29 is 22.7 Å². The minimum Gasteiger partial charge on any atom is -0.497 e. The molecule has 1 atom stereocenters. The zero-order valence-corrected chi connectivity index (χ0v) is 23.7. The Bertz CT molecular complexity index is 1360. The molecule has 1 aliphatic heterocycles. The maximum absolute atomic E-state index is 13.7. The molecule has 0 aliphatic carbocycles. The number of aryl methyl sites for hydroxylation is 1. The number of halogens is 1. The maximum atomic E-state index is 13.7. The van der Waals surface area contributed by atoms with E-state index in [0.717, 1.165) is 17.5 Å². The first-order valence-electron chi connectivity index (χ1n) is 12.0. The van der Waals surface area contributed by atoms with Gasteiger partial charge in [-0.1, -0.05) is 11.6 Å². The van der Waals surface area contributed by atoms with Gasteiger partial charge in [-0.05, 0) is 92.2 Å². The predicted octanol–water partition coefficient (Wildman–Crippen LogP) is 5.32. The van der Waals surface area contributed by atoms with Gasteiger partial charge in [-0.25, -0.2) is 8.42 Å². The van der Waals surface area contributed by atoms with Crippen LogP contribution in [-0.2, 0) is 21.2 Å². The largest absolute Gasteiger partial charge is 0.497 e. The summed E-state index contributed by atoms with van der Waals surface area (Å²) in [6, 6.07) is 12.9. The summed E-state index contributed by atoms with van der Waals surface area (Å²) in [6.45, 7) is 5.93. The highest BCUT2D eigenvalue weighted by Gasteiger charge is 2.36. The summed E-state index contributed by atoms with van der Waals surface area (Å²) < 4.78 is 39.5. The Morgan fingerprint density at radius 3 is 2.51 bits per heavy atom. The minimum absolute atomic E-state index is 0.117. The van der Waals surface area contributed by atoms with Crippen molar-refractivity contribution in [2.45, 2.75) is 44.2 Å². The Balaban J connectivity index is 1.56. The lowest BCUT2D eigenvalue weighted by Crippen LogP contribution is -2.49. The second-order valence-corrected chi connectivity index (χ2v) is 12.5. The van der Waals surface area contributed by atoms with Gasteiger partial charge in [-0.15, -0.1) is 11.3 Å². The van der Waals surface area contributed by atoms with E-state index in [4.69, 9.17) is 21.1 Å². The van der Waals surface area contributed by atoms with Gasteiger partial charge in [0.05, 0.1) is 24.6 Å². The van der Waals surface area contributed by atoms with Gasteiger partial charge in [0.15, 0.2) is 0 Å². The van der Waals surface area contributed by atoms with Gasteiger partial charge in [-0.2, -0.15) is 4.31 Å². The predicted molar refractivity (Wildman–Crippen MR) is 146 cm³/mol. The van der Waals surface area contributed by atoms with Crippen molar-refractivity contribution in [2.75, 3.05) is 26.8 Å². The molecule has 2 aromatic carbocycles. The van der Waals surface area contributed by atoms with E-state index in [1.165, 1.54) is 28.4 Å². The molecule has 0 saturated carbocycles. The summed E-state index contributed by atoms with van der Waals surface area (Å²) in [4.78, 5) is 16.8. The lowest BCUT2D eigenvalue weighted by molar-refractivity contribution is -0.135. The summed E-state index contributed by atoms with van der Waals surface area (Å²) in [6.07, 6.45) is 0.724. The number of amides is 1.